The summed E-state index contributed by atoms with van der Waals surface area (Å²) in [5.74, 6) is 0.138. The van der Waals surface area contributed by atoms with Crippen molar-refractivity contribution in [1.82, 2.24) is 14.8 Å². The Labute approximate surface area is 171 Å². The van der Waals surface area contributed by atoms with E-state index >= 15 is 0 Å². The summed E-state index contributed by atoms with van der Waals surface area (Å²) < 4.78 is 32.1. The molecule has 1 saturated heterocycles. The number of nitrogens with one attached hydrogen (secondary N) is 2. The van der Waals surface area contributed by atoms with Gasteiger partial charge in [0.05, 0.1) is 0 Å². The number of aromatic nitrogens is 1. The fraction of sp³-hybridized carbons (Fsp3) is 0.500. The Morgan fingerprint density at radius 1 is 1.17 bits per heavy atom. The first kappa shape index (κ1) is 21.3. The minimum absolute atomic E-state index is 0.000835. The van der Waals surface area contributed by atoms with E-state index in [1.54, 1.807) is 13.8 Å². The second-order valence-corrected chi connectivity index (χ2v) is 9.14. The molecule has 8 nitrogen and oxygen atoms in total. The lowest BCUT2D eigenvalue weighted by atomic mass is 9.97. The number of hydrogen-bond donors (Lipinski definition) is 2. The molecule has 0 radical (unpaired) electrons. The first-order valence-corrected chi connectivity index (χ1v) is 11.3. The fourth-order valence-corrected chi connectivity index (χ4v) is 5.32. The molecule has 2 aromatic rings. The Balaban J connectivity index is 1.41. The van der Waals surface area contributed by atoms with E-state index in [-0.39, 0.29) is 16.7 Å². The van der Waals surface area contributed by atoms with Gasteiger partial charge < -0.3 is 15.2 Å². The summed E-state index contributed by atoms with van der Waals surface area (Å²) in [7, 11) is -3.64. The number of sulfonamides is 1. The number of para-hydroxylation sites is 1. The number of rotatable bonds is 8. The Hall–Kier alpha value is -2.39. The first-order valence-electron chi connectivity index (χ1n) is 9.89. The second-order valence-electron chi connectivity index (χ2n) is 7.27. The van der Waals surface area contributed by atoms with Crippen LogP contribution in [0.2, 0.25) is 0 Å². The third-order valence-electron chi connectivity index (χ3n) is 5.15. The van der Waals surface area contributed by atoms with Gasteiger partial charge in [0.25, 0.3) is 0 Å². The normalized spacial score (nSPS) is 15.9. The lowest BCUT2D eigenvalue weighted by Gasteiger charge is -2.30. The first-order chi connectivity index (χ1) is 13.9. The van der Waals surface area contributed by atoms with Crippen molar-refractivity contribution in [2.75, 3.05) is 31.5 Å². The molecular weight excluding hydrogens is 392 g/mol. The molecule has 0 unspecified atom stereocenters. The lowest BCUT2D eigenvalue weighted by molar-refractivity contribution is -0.126. The van der Waals surface area contributed by atoms with E-state index in [4.69, 9.17) is 4.52 Å². The van der Waals surface area contributed by atoms with E-state index < -0.39 is 10.0 Å². The molecule has 0 atom stereocenters. The van der Waals surface area contributed by atoms with Crippen molar-refractivity contribution in [2.45, 2.75) is 38.0 Å². The molecule has 0 aliphatic carbocycles. The van der Waals surface area contributed by atoms with Crippen LogP contribution in [0.15, 0.2) is 39.8 Å². The van der Waals surface area contributed by atoms with Crippen molar-refractivity contribution >= 4 is 21.6 Å². The smallest absolute Gasteiger partial charge is 0.248 e. The maximum atomic E-state index is 12.8. The molecule has 1 aromatic heterocycles. The van der Waals surface area contributed by atoms with Crippen LogP contribution < -0.4 is 10.6 Å². The third-order valence-corrected chi connectivity index (χ3v) is 7.29. The molecule has 158 valence electrons. The van der Waals surface area contributed by atoms with E-state index in [0.29, 0.717) is 43.9 Å². The standard InChI is InChI=1S/C20H28N4O4S/c1-15-19(16(2)28-23-15)29(26,27)24-13-9-17(10-14-24)20(25)22-12-6-11-21-18-7-4-3-5-8-18/h3-5,7-8,17,21H,6,9-14H2,1-2H3,(H,22,25). The maximum Gasteiger partial charge on any atom is 0.248 e. The largest absolute Gasteiger partial charge is 0.385 e. The summed E-state index contributed by atoms with van der Waals surface area (Å²) in [5.41, 5.74) is 1.43. The van der Waals surface area contributed by atoms with Crippen molar-refractivity contribution in [2.24, 2.45) is 5.92 Å². The summed E-state index contributed by atoms with van der Waals surface area (Å²) in [6, 6.07) is 9.92. The van der Waals surface area contributed by atoms with E-state index in [1.165, 1.54) is 4.31 Å². The molecule has 9 heteroatoms. The molecule has 29 heavy (non-hydrogen) atoms. The van der Waals surface area contributed by atoms with Gasteiger partial charge in [-0.2, -0.15) is 4.31 Å². The second kappa shape index (κ2) is 9.41. The van der Waals surface area contributed by atoms with Crippen molar-refractivity contribution in [3.63, 3.8) is 0 Å². The average Bonchev–Trinajstić information content (AvgIpc) is 3.07. The number of anilines is 1. The number of nitrogens with zero attached hydrogens (tertiary/aromatic N) is 2. The minimum Gasteiger partial charge on any atom is -0.385 e. The van der Waals surface area contributed by atoms with Crippen molar-refractivity contribution in [1.29, 1.82) is 0 Å². The molecule has 0 saturated carbocycles. The predicted octanol–water partition coefficient (Wildman–Crippen LogP) is 2.31. The van der Waals surface area contributed by atoms with Crippen LogP contribution >= 0.6 is 0 Å². The highest BCUT2D eigenvalue weighted by Crippen LogP contribution is 2.27. The Bertz CT molecular complexity index is 900. The molecule has 3 rings (SSSR count). The van der Waals surface area contributed by atoms with Gasteiger partial charge in [0.2, 0.25) is 15.9 Å². The quantitative estimate of drug-likeness (QED) is 0.635. The van der Waals surface area contributed by atoms with Crippen LogP contribution in [0.5, 0.6) is 0 Å². The highest BCUT2D eigenvalue weighted by molar-refractivity contribution is 7.89. The van der Waals surface area contributed by atoms with Gasteiger partial charge in [-0.25, -0.2) is 8.42 Å². The van der Waals surface area contributed by atoms with E-state index in [1.807, 2.05) is 30.3 Å². The number of aryl methyl sites for hydroxylation is 2. The Kier molecular flexibility index (Phi) is 6.92. The van der Waals surface area contributed by atoms with E-state index in [9.17, 15) is 13.2 Å². The summed E-state index contributed by atoms with van der Waals surface area (Å²) >= 11 is 0. The van der Waals surface area contributed by atoms with Crippen LogP contribution in [-0.2, 0) is 14.8 Å². The number of amides is 1. The van der Waals surface area contributed by atoms with Gasteiger partial charge >= 0.3 is 0 Å². The highest BCUT2D eigenvalue weighted by Gasteiger charge is 2.35. The molecule has 2 heterocycles. The van der Waals surface area contributed by atoms with Gasteiger partial charge in [0.1, 0.15) is 10.6 Å². The van der Waals surface area contributed by atoms with Crippen molar-refractivity contribution < 1.29 is 17.7 Å². The van der Waals surface area contributed by atoms with Gasteiger partial charge in [-0.1, -0.05) is 23.4 Å². The van der Waals surface area contributed by atoms with Crippen LogP contribution in [0.4, 0.5) is 5.69 Å². The summed E-state index contributed by atoms with van der Waals surface area (Å²) in [4.78, 5) is 12.5. The highest BCUT2D eigenvalue weighted by atomic mass is 32.2. The minimum atomic E-state index is -3.64. The SMILES string of the molecule is Cc1noc(C)c1S(=O)(=O)N1CCC(C(=O)NCCCNc2ccccc2)CC1. The van der Waals surface area contributed by atoms with Crippen LogP contribution in [-0.4, -0.2) is 50.0 Å². The maximum absolute atomic E-state index is 12.8. The van der Waals surface area contributed by atoms with Crippen LogP contribution in [0, 0.1) is 19.8 Å². The molecular formula is C20H28N4O4S. The molecule has 1 fully saturated rings. The number of benzene rings is 1. The van der Waals surface area contributed by atoms with Crippen molar-refractivity contribution in [3.8, 4) is 0 Å². The number of piperidine rings is 1. The lowest BCUT2D eigenvalue weighted by Crippen LogP contribution is -2.43. The number of carbonyl (C=O) groups is 1. The average molecular weight is 421 g/mol. The zero-order valence-electron chi connectivity index (χ0n) is 16.8. The molecule has 0 bridgehead atoms. The van der Waals surface area contributed by atoms with Gasteiger partial charge in [0.15, 0.2) is 5.76 Å². The number of carbonyl (C=O) groups excluding carboxylic acids is 1. The molecule has 0 spiro atoms. The topological polar surface area (TPSA) is 105 Å². The van der Waals surface area contributed by atoms with E-state index in [2.05, 4.69) is 15.8 Å². The third kappa shape index (κ3) is 5.16. The van der Waals surface area contributed by atoms with Gasteiger partial charge in [-0.15, -0.1) is 0 Å². The summed E-state index contributed by atoms with van der Waals surface area (Å²) in [6.07, 6.45) is 1.84. The van der Waals surface area contributed by atoms with E-state index in [0.717, 1.165) is 18.7 Å². The summed E-state index contributed by atoms with van der Waals surface area (Å²) in [6.45, 7) is 5.23. The van der Waals surface area contributed by atoms with Gasteiger partial charge in [-0.05, 0) is 45.2 Å². The molecule has 2 N–H and O–H groups in total. The molecule has 1 aliphatic heterocycles. The van der Waals surface area contributed by atoms with Gasteiger partial charge in [0, 0.05) is 37.8 Å². The monoisotopic (exact) mass is 420 g/mol. The Morgan fingerprint density at radius 2 is 1.86 bits per heavy atom. The predicted molar refractivity (Wildman–Crippen MR) is 110 cm³/mol. The Morgan fingerprint density at radius 3 is 2.48 bits per heavy atom. The summed E-state index contributed by atoms with van der Waals surface area (Å²) in [5, 5.41) is 10.0. The van der Waals surface area contributed by atoms with Crippen LogP contribution in [0.25, 0.3) is 0 Å². The van der Waals surface area contributed by atoms with Crippen LogP contribution in [0.1, 0.15) is 30.7 Å². The van der Waals surface area contributed by atoms with Gasteiger partial charge in [-0.3, -0.25) is 4.79 Å². The molecule has 1 aliphatic rings. The number of hydrogen-bond acceptors (Lipinski definition) is 6. The van der Waals surface area contributed by atoms with Crippen LogP contribution in [0.3, 0.4) is 0 Å². The molecule has 1 aromatic carbocycles. The zero-order valence-corrected chi connectivity index (χ0v) is 17.7. The fourth-order valence-electron chi connectivity index (χ4n) is 3.56. The molecule has 1 amide bonds. The zero-order chi connectivity index (χ0) is 20.9. The van der Waals surface area contributed by atoms with Crippen molar-refractivity contribution in [3.05, 3.63) is 41.8 Å².